The molecule has 1 aromatic rings. The molecule has 2 saturated heterocycles. The number of nitrogens with zero attached hydrogens (tertiary/aromatic N) is 2. The number of rotatable bonds is 3. The van der Waals surface area contributed by atoms with E-state index < -0.39 is 0 Å². The van der Waals surface area contributed by atoms with Crippen LogP contribution in [0.3, 0.4) is 0 Å². The van der Waals surface area contributed by atoms with E-state index in [1.165, 1.54) is 25.1 Å². The molecule has 3 aliphatic rings. The number of ether oxygens (including phenoxy) is 1. The van der Waals surface area contributed by atoms with Gasteiger partial charge in [-0.05, 0) is 24.8 Å². The molecule has 1 amide bonds. The molecular formula is C16H21N3O3. The zero-order valence-corrected chi connectivity index (χ0v) is 12.5. The predicted octanol–water partition coefficient (Wildman–Crippen LogP) is 0.310. The van der Waals surface area contributed by atoms with Crippen molar-refractivity contribution in [1.82, 2.24) is 14.8 Å². The molecule has 1 saturated carbocycles. The van der Waals surface area contributed by atoms with Gasteiger partial charge in [0.05, 0.1) is 18.8 Å². The number of morpholine rings is 1. The van der Waals surface area contributed by atoms with Gasteiger partial charge in [-0.15, -0.1) is 0 Å². The number of carbonyl (C=O) groups excluding carboxylic acids is 1. The van der Waals surface area contributed by atoms with Crippen LogP contribution in [-0.4, -0.2) is 65.6 Å². The van der Waals surface area contributed by atoms with Gasteiger partial charge in [-0.3, -0.25) is 14.5 Å². The van der Waals surface area contributed by atoms with Gasteiger partial charge < -0.3 is 14.6 Å². The normalized spacial score (nSPS) is 28.6. The van der Waals surface area contributed by atoms with Crippen LogP contribution in [0, 0.1) is 5.92 Å². The van der Waals surface area contributed by atoms with E-state index in [2.05, 4.69) is 9.88 Å². The first-order chi connectivity index (χ1) is 10.7. The Balaban J connectivity index is 1.48. The smallest absolute Gasteiger partial charge is 0.254 e. The van der Waals surface area contributed by atoms with Crippen LogP contribution in [0.4, 0.5) is 0 Å². The number of aromatic nitrogens is 1. The summed E-state index contributed by atoms with van der Waals surface area (Å²) in [6.45, 7) is 4.17. The summed E-state index contributed by atoms with van der Waals surface area (Å²) in [6.07, 6.45) is 4.31. The van der Waals surface area contributed by atoms with Gasteiger partial charge >= 0.3 is 0 Å². The first-order valence-corrected chi connectivity index (χ1v) is 8.04. The molecule has 0 bridgehead atoms. The molecule has 0 aromatic carbocycles. The molecule has 1 N–H and O–H groups in total. The predicted molar refractivity (Wildman–Crippen MR) is 80.8 cm³/mol. The number of hydrogen-bond acceptors (Lipinski definition) is 4. The van der Waals surface area contributed by atoms with Crippen molar-refractivity contribution in [2.24, 2.45) is 5.92 Å². The third-order valence-corrected chi connectivity index (χ3v) is 4.92. The molecule has 0 unspecified atom stereocenters. The lowest BCUT2D eigenvalue weighted by molar-refractivity contribution is -0.0484. The second-order valence-corrected chi connectivity index (χ2v) is 6.57. The van der Waals surface area contributed by atoms with Gasteiger partial charge in [-0.25, -0.2) is 0 Å². The highest BCUT2D eigenvalue weighted by atomic mass is 16.5. The minimum atomic E-state index is -0.242. The van der Waals surface area contributed by atoms with Crippen molar-refractivity contribution < 1.29 is 9.53 Å². The van der Waals surface area contributed by atoms with E-state index in [-0.39, 0.29) is 17.6 Å². The fraction of sp³-hybridized carbons (Fsp3) is 0.625. The molecule has 0 radical (unpaired) electrons. The van der Waals surface area contributed by atoms with Crippen molar-refractivity contribution in [2.45, 2.75) is 25.0 Å². The second kappa shape index (κ2) is 5.52. The fourth-order valence-corrected chi connectivity index (χ4v) is 3.54. The molecule has 1 aliphatic carbocycles. The maximum absolute atomic E-state index is 12.6. The van der Waals surface area contributed by atoms with Crippen LogP contribution in [-0.2, 0) is 4.74 Å². The average molecular weight is 303 g/mol. The van der Waals surface area contributed by atoms with E-state index >= 15 is 0 Å². The van der Waals surface area contributed by atoms with Crippen molar-refractivity contribution in [3.63, 3.8) is 0 Å². The molecule has 2 aliphatic heterocycles. The number of H-pyrrole nitrogens is 1. The summed E-state index contributed by atoms with van der Waals surface area (Å²) in [4.78, 5) is 30.8. The molecular weight excluding hydrogens is 282 g/mol. The summed E-state index contributed by atoms with van der Waals surface area (Å²) < 4.78 is 5.87. The van der Waals surface area contributed by atoms with Gasteiger partial charge in [0.1, 0.15) is 0 Å². The van der Waals surface area contributed by atoms with Crippen molar-refractivity contribution >= 4 is 5.91 Å². The highest BCUT2D eigenvalue weighted by molar-refractivity contribution is 5.94. The Morgan fingerprint density at radius 3 is 3.00 bits per heavy atom. The minimum absolute atomic E-state index is 0.0736. The lowest BCUT2D eigenvalue weighted by atomic mass is 10.1. The van der Waals surface area contributed by atoms with E-state index in [0.29, 0.717) is 24.7 Å². The van der Waals surface area contributed by atoms with Crippen LogP contribution in [0.2, 0.25) is 0 Å². The van der Waals surface area contributed by atoms with Crippen LogP contribution >= 0.6 is 0 Å². The number of nitrogens with one attached hydrogen (secondary N) is 1. The number of hydrogen-bond donors (Lipinski definition) is 1. The summed E-state index contributed by atoms with van der Waals surface area (Å²) in [6, 6.07) is 3.34. The number of likely N-dealkylation sites (tertiary alicyclic amines) is 1. The monoisotopic (exact) mass is 303 g/mol. The Morgan fingerprint density at radius 1 is 1.36 bits per heavy atom. The summed E-state index contributed by atoms with van der Waals surface area (Å²) in [5.41, 5.74) is 0.213. The zero-order chi connectivity index (χ0) is 15.1. The molecule has 4 rings (SSSR count). The van der Waals surface area contributed by atoms with Gasteiger partial charge in [-0.2, -0.15) is 0 Å². The van der Waals surface area contributed by atoms with Crippen molar-refractivity contribution in [3.8, 4) is 0 Å². The SMILES string of the molecule is O=C(c1cc[nH]c(=O)c1)N1C[C@@H]2OCCN(CC3CC3)[C@H]2C1. The van der Waals surface area contributed by atoms with Crippen LogP contribution < -0.4 is 5.56 Å². The minimum Gasteiger partial charge on any atom is -0.373 e. The molecule has 1 aromatic heterocycles. The molecule has 6 nitrogen and oxygen atoms in total. The van der Waals surface area contributed by atoms with E-state index in [1.54, 1.807) is 6.07 Å². The quantitative estimate of drug-likeness (QED) is 0.873. The third kappa shape index (κ3) is 2.68. The number of amides is 1. The Hall–Kier alpha value is -1.66. The largest absolute Gasteiger partial charge is 0.373 e. The van der Waals surface area contributed by atoms with E-state index in [1.807, 2.05) is 4.90 Å². The maximum Gasteiger partial charge on any atom is 0.254 e. The highest BCUT2D eigenvalue weighted by Crippen LogP contribution is 2.33. The second-order valence-electron chi connectivity index (χ2n) is 6.57. The Labute approximate surface area is 129 Å². The highest BCUT2D eigenvalue weighted by Gasteiger charge is 2.43. The van der Waals surface area contributed by atoms with Gasteiger partial charge in [0, 0.05) is 44.0 Å². The van der Waals surface area contributed by atoms with E-state index in [0.717, 1.165) is 25.6 Å². The Bertz CT molecular complexity index is 625. The number of aromatic amines is 1. The van der Waals surface area contributed by atoms with Gasteiger partial charge in [0.15, 0.2) is 0 Å². The lowest BCUT2D eigenvalue weighted by Gasteiger charge is -2.36. The summed E-state index contributed by atoms with van der Waals surface area (Å²) in [5.74, 6) is 0.770. The van der Waals surface area contributed by atoms with Crippen LogP contribution in [0.15, 0.2) is 23.1 Å². The fourth-order valence-electron chi connectivity index (χ4n) is 3.54. The number of carbonyl (C=O) groups is 1. The summed E-state index contributed by atoms with van der Waals surface area (Å²) in [5, 5.41) is 0. The van der Waals surface area contributed by atoms with E-state index in [9.17, 15) is 9.59 Å². The van der Waals surface area contributed by atoms with E-state index in [4.69, 9.17) is 4.74 Å². The van der Waals surface area contributed by atoms with Gasteiger partial charge in [0.25, 0.3) is 5.91 Å². The number of fused-ring (bicyclic) bond motifs is 1. The Morgan fingerprint density at radius 2 is 2.23 bits per heavy atom. The first kappa shape index (κ1) is 14.0. The molecule has 3 heterocycles. The molecule has 3 fully saturated rings. The topological polar surface area (TPSA) is 65.6 Å². The molecule has 118 valence electrons. The molecule has 6 heteroatoms. The third-order valence-electron chi connectivity index (χ3n) is 4.92. The lowest BCUT2D eigenvalue weighted by Crippen LogP contribution is -2.51. The van der Waals surface area contributed by atoms with Crippen LogP contribution in [0.5, 0.6) is 0 Å². The Kier molecular flexibility index (Phi) is 3.50. The standard InChI is InChI=1S/C16H21N3O3/c20-15-7-12(3-4-17-15)16(21)19-9-13-14(10-19)22-6-5-18(13)8-11-1-2-11/h3-4,7,11,13-14H,1-2,5-6,8-10H2,(H,17,20)/t13-,14-/m0/s1. The molecule has 2 atom stereocenters. The maximum atomic E-state index is 12.6. The zero-order valence-electron chi connectivity index (χ0n) is 12.5. The molecule has 22 heavy (non-hydrogen) atoms. The van der Waals surface area contributed by atoms with Crippen molar-refractivity contribution in [2.75, 3.05) is 32.8 Å². The van der Waals surface area contributed by atoms with Crippen LogP contribution in [0.1, 0.15) is 23.2 Å². The average Bonchev–Trinajstić information content (AvgIpc) is 3.22. The first-order valence-electron chi connectivity index (χ1n) is 8.04. The summed E-state index contributed by atoms with van der Waals surface area (Å²) in [7, 11) is 0. The van der Waals surface area contributed by atoms with Gasteiger partial charge in [-0.1, -0.05) is 0 Å². The van der Waals surface area contributed by atoms with Crippen molar-refractivity contribution in [3.05, 3.63) is 34.2 Å². The van der Waals surface area contributed by atoms with Gasteiger partial charge in [0.2, 0.25) is 5.56 Å². The van der Waals surface area contributed by atoms with Crippen molar-refractivity contribution in [1.29, 1.82) is 0 Å². The van der Waals surface area contributed by atoms with Crippen LogP contribution in [0.25, 0.3) is 0 Å². The number of pyridine rings is 1. The summed E-state index contributed by atoms with van der Waals surface area (Å²) >= 11 is 0. The molecule has 0 spiro atoms.